The Morgan fingerprint density at radius 3 is 3.08 bits per heavy atom. The third-order valence-corrected chi connectivity index (χ3v) is 1.62. The van der Waals surface area contributed by atoms with Crippen LogP contribution in [0.1, 0.15) is 5.69 Å². The van der Waals surface area contributed by atoms with Gasteiger partial charge in [0.15, 0.2) is 5.65 Å². The normalized spacial score (nSPS) is 10.8. The van der Waals surface area contributed by atoms with Crippen LogP contribution in [-0.2, 0) is 6.61 Å². The first-order chi connectivity index (χ1) is 5.81. The Hall–Kier alpha value is -1.62. The number of aliphatic hydroxyl groups is 1. The zero-order valence-electron chi connectivity index (χ0n) is 6.31. The fraction of sp³-hybridized carbons (Fsp3) is 0.143. The highest BCUT2D eigenvalue weighted by Gasteiger charge is 2.02. The summed E-state index contributed by atoms with van der Waals surface area (Å²) in [5, 5.41) is 12.8. The monoisotopic (exact) mass is 164 g/mol. The van der Waals surface area contributed by atoms with Gasteiger partial charge in [-0.1, -0.05) is 6.07 Å². The molecule has 2 aromatic rings. The molecule has 2 aromatic heterocycles. The second-order valence-electron chi connectivity index (χ2n) is 2.42. The van der Waals surface area contributed by atoms with Crippen molar-refractivity contribution in [1.82, 2.24) is 14.6 Å². The van der Waals surface area contributed by atoms with E-state index in [1.807, 2.05) is 0 Å². The highest BCUT2D eigenvalue weighted by atomic mass is 16.3. The molecule has 0 amide bonds. The number of nitrogens with two attached hydrogens (primary N) is 1. The predicted octanol–water partition coefficient (Wildman–Crippen LogP) is -0.196. The highest BCUT2D eigenvalue weighted by molar-refractivity contribution is 5.42. The van der Waals surface area contributed by atoms with E-state index in [4.69, 9.17) is 10.8 Å². The van der Waals surface area contributed by atoms with Crippen LogP contribution in [0.15, 0.2) is 18.2 Å². The summed E-state index contributed by atoms with van der Waals surface area (Å²) in [6.07, 6.45) is 0. The Labute approximate surface area is 68.5 Å². The predicted molar refractivity (Wildman–Crippen MR) is 43.3 cm³/mol. The molecule has 0 saturated heterocycles. The lowest BCUT2D eigenvalue weighted by Crippen LogP contribution is -1.97. The lowest BCUT2D eigenvalue weighted by atomic mass is 10.4. The SMILES string of the molecule is Nc1nc2cccc(CO)n2n1. The molecule has 2 rings (SSSR count). The average Bonchev–Trinajstić information content (AvgIpc) is 2.44. The molecule has 0 unspecified atom stereocenters. The summed E-state index contributed by atoms with van der Waals surface area (Å²) in [4.78, 5) is 3.94. The second-order valence-corrected chi connectivity index (χ2v) is 2.42. The van der Waals surface area contributed by atoms with Crippen LogP contribution >= 0.6 is 0 Å². The van der Waals surface area contributed by atoms with Crippen LogP contribution in [0.5, 0.6) is 0 Å². The maximum absolute atomic E-state index is 8.92. The minimum absolute atomic E-state index is 0.0693. The fourth-order valence-electron chi connectivity index (χ4n) is 1.10. The van der Waals surface area contributed by atoms with Crippen LogP contribution in [0.4, 0.5) is 5.95 Å². The molecule has 5 heteroatoms. The molecule has 0 aliphatic rings. The standard InChI is InChI=1S/C7H8N4O/c8-7-9-6-3-1-2-5(4-12)11(6)10-7/h1-3,12H,4H2,(H2,8,10). The Bertz CT molecular complexity index is 409. The van der Waals surface area contributed by atoms with Crippen molar-refractivity contribution in [1.29, 1.82) is 0 Å². The number of hydrogen-bond acceptors (Lipinski definition) is 4. The Morgan fingerprint density at radius 2 is 2.33 bits per heavy atom. The van der Waals surface area contributed by atoms with Gasteiger partial charge in [-0.25, -0.2) is 4.52 Å². The number of hydrogen-bond donors (Lipinski definition) is 2. The van der Waals surface area contributed by atoms with Gasteiger partial charge in [0.25, 0.3) is 0 Å². The van der Waals surface area contributed by atoms with Gasteiger partial charge in [0, 0.05) is 0 Å². The first-order valence-electron chi connectivity index (χ1n) is 3.52. The third-order valence-electron chi connectivity index (χ3n) is 1.62. The smallest absolute Gasteiger partial charge is 0.240 e. The van der Waals surface area contributed by atoms with E-state index in [9.17, 15) is 0 Å². The molecule has 0 radical (unpaired) electrons. The number of rotatable bonds is 1. The van der Waals surface area contributed by atoms with E-state index in [1.165, 1.54) is 4.52 Å². The van der Waals surface area contributed by atoms with E-state index in [1.54, 1.807) is 18.2 Å². The number of aliphatic hydroxyl groups excluding tert-OH is 1. The number of aromatic nitrogens is 3. The average molecular weight is 164 g/mol. The second kappa shape index (κ2) is 2.46. The van der Waals surface area contributed by atoms with Gasteiger partial charge in [-0.15, -0.1) is 5.10 Å². The third kappa shape index (κ3) is 0.911. The number of anilines is 1. The van der Waals surface area contributed by atoms with Crippen molar-refractivity contribution >= 4 is 11.6 Å². The van der Waals surface area contributed by atoms with Gasteiger partial charge in [0.1, 0.15) is 0 Å². The molecule has 2 heterocycles. The molecule has 0 atom stereocenters. The molecule has 0 saturated carbocycles. The minimum Gasteiger partial charge on any atom is -0.390 e. The quantitative estimate of drug-likeness (QED) is 0.612. The number of nitrogens with zero attached hydrogens (tertiary/aromatic N) is 3. The van der Waals surface area contributed by atoms with Gasteiger partial charge in [0.05, 0.1) is 12.3 Å². The molecule has 0 spiro atoms. The molecule has 0 bridgehead atoms. The van der Waals surface area contributed by atoms with Crippen molar-refractivity contribution < 1.29 is 5.11 Å². The van der Waals surface area contributed by atoms with Crippen LogP contribution < -0.4 is 5.73 Å². The van der Waals surface area contributed by atoms with Crippen LogP contribution in [-0.4, -0.2) is 19.7 Å². The van der Waals surface area contributed by atoms with Crippen LogP contribution in [0.2, 0.25) is 0 Å². The van der Waals surface area contributed by atoms with E-state index >= 15 is 0 Å². The Balaban J connectivity index is 2.78. The summed E-state index contributed by atoms with van der Waals surface area (Å²) in [7, 11) is 0. The molecule has 12 heavy (non-hydrogen) atoms. The summed E-state index contributed by atoms with van der Waals surface area (Å²) < 4.78 is 1.52. The summed E-state index contributed by atoms with van der Waals surface area (Å²) >= 11 is 0. The molecule has 62 valence electrons. The number of fused-ring (bicyclic) bond motifs is 1. The Morgan fingerprint density at radius 1 is 1.50 bits per heavy atom. The van der Waals surface area contributed by atoms with E-state index in [2.05, 4.69) is 10.1 Å². The lowest BCUT2D eigenvalue weighted by Gasteiger charge is -1.97. The Kier molecular flexibility index (Phi) is 1.44. The van der Waals surface area contributed by atoms with E-state index in [0.29, 0.717) is 11.3 Å². The van der Waals surface area contributed by atoms with Crippen molar-refractivity contribution in [3.05, 3.63) is 23.9 Å². The van der Waals surface area contributed by atoms with Crippen molar-refractivity contribution in [2.45, 2.75) is 6.61 Å². The molecule has 3 N–H and O–H groups in total. The van der Waals surface area contributed by atoms with E-state index in [-0.39, 0.29) is 12.6 Å². The number of nitrogen functional groups attached to an aromatic ring is 1. The zero-order chi connectivity index (χ0) is 8.55. The summed E-state index contributed by atoms with van der Waals surface area (Å²) in [6.45, 7) is -0.0693. The summed E-state index contributed by atoms with van der Waals surface area (Å²) in [5.41, 5.74) is 6.72. The van der Waals surface area contributed by atoms with Gasteiger partial charge in [-0.3, -0.25) is 0 Å². The first-order valence-corrected chi connectivity index (χ1v) is 3.52. The van der Waals surface area contributed by atoms with E-state index in [0.717, 1.165) is 0 Å². The molecule has 0 aliphatic carbocycles. The van der Waals surface area contributed by atoms with Gasteiger partial charge in [-0.2, -0.15) is 4.98 Å². The van der Waals surface area contributed by atoms with Crippen molar-refractivity contribution in [2.75, 3.05) is 5.73 Å². The highest BCUT2D eigenvalue weighted by Crippen LogP contribution is 2.05. The lowest BCUT2D eigenvalue weighted by molar-refractivity contribution is 0.273. The van der Waals surface area contributed by atoms with Crippen LogP contribution in [0, 0.1) is 0 Å². The maximum atomic E-state index is 8.92. The largest absolute Gasteiger partial charge is 0.390 e. The van der Waals surface area contributed by atoms with Gasteiger partial charge in [-0.05, 0) is 12.1 Å². The van der Waals surface area contributed by atoms with Crippen molar-refractivity contribution in [3.63, 3.8) is 0 Å². The molecule has 0 fully saturated rings. The fourth-order valence-corrected chi connectivity index (χ4v) is 1.10. The zero-order valence-corrected chi connectivity index (χ0v) is 6.31. The molecular formula is C7H8N4O. The molecular weight excluding hydrogens is 156 g/mol. The topological polar surface area (TPSA) is 76.4 Å². The van der Waals surface area contributed by atoms with Gasteiger partial charge in [0.2, 0.25) is 5.95 Å². The minimum atomic E-state index is -0.0693. The van der Waals surface area contributed by atoms with E-state index < -0.39 is 0 Å². The first kappa shape index (κ1) is 7.05. The van der Waals surface area contributed by atoms with Crippen molar-refractivity contribution in [2.24, 2.45) is 0 Å². The molecule has 5 nitrogen and oxygen atoms in total. The van der Waals surface area contributed by atoms with Crippen LogP contribution in [0.25, 0.3) is 5.65 Å². The van der Waals surface area contributed by atoms with Crippen LogP contribution in [0.3, 0.4) is 0 Å². The summed E-state index contributed by atoms with van der Waals surface area (Å²) in [5.74, 6) is 0.218. The van der Waals surface area contributed by atoms with Gasteiger partial charge >= 0.3 is 0 Å². The maximum Gasteiger partial charge on any atom is 0.240 e. The summed E-state index contributed by atoms with van der Waals surface area (Å²) in [6, 6.07) is 5.35. The van der Waals surface area contributed by atoms with Crippen molar-refractivity contribution in [3.8, 4) is 0 Å². The number of pyridine rings is 1. The molecule has 0 aromatic carbocycles. The van der Waals surface area contributed by atoms with Gasteiger partial charge < -0.3 is 10.8 Å². The molecule has 0 aliphatic heterocycles.